The van der Waals surface area contributed by atoms with Gasteiger partial charge < -0.3 is 5.32 Å². The van der Waals surface area contributed by atoms with Crippen molar-refractivity contribution in [3.05, 3.63) is 28.5 Å². The Morgan fingerprint density at radius 1 is 1.71 bits per heavy atom. The standard InChI is InChI=1S/C12H13ClN2OS/c1-3-5-17-6-4-14-12(16)10-8-15-9(2)7-11(10)13/h1,7-8H,4-6H2,2H3,(H,14,16). The second-order valence-corrected chi connectivity index (χ2v) is 4.83. The van der Waals surface area contributed by atoms with E-state index in [1.165, 1.54) is 6.20 Å². The minimum Gasteiger partial charge on any atom is -0.351 e. The molecule has 1 aromatic rings. The summed E-state index contributed by atoms with van der Waals surface area (Å²) in [4.78, 5) is 15.8. The first-order valence-corrected chi connectivity index (χ1v) is 6.60. The molecule has 5 heteroatoms. The Morgan fingerprint density at radius 2 is 2.47 bits per heavy atom. The van der Waals surface area contributed by atoms with Crippen LogP contribution in [0.3, 0.4) is 0 Å². The van der Waals surface area contributed by atoms with E-state index in [0.29, 0.717) is 22.9 Å². The molecule has 0 aromatic carbocycles. The van der Waals surface area contributed by atoms with Crippen molar-refractivity contribution in [3.8, 4) is 12.3 Å². The molecule has 1 heterocycles. The number of aryl methyl sites for hydroxylation is 1. The monoisotopic (exact) mass is 268 g/mol. The van der Waals surface area contributed by atoms with Gasteiger partial charge in [-0.25, -0.2) is 0 Å². The highest BCUT2D eigenvalue weighted by Gasteiger charge is 2.10. The van der Waals surface area contributed by atoms with Gasteiger partial charge in [0.2, 0.25) is 0 Å². The average molecular weight is 269 g/mol. The summed E-state index contributed by atoms with van der Waals surface area (Å²) in [5.74, 6) is 3.76. The smallest absolute Gasteiger partial charge is 0.254 e. The van der Waals surface area contributed by atoms with Crippen LogP contribution in [0.5, 0.6) is 0 Å². The first-order chi connectivity index (χ1) is 8.15. The number of thioether (sulfide) groups is 1. The predicted octanol–water partition coefficient (Wildman–Crippen LogP) is 2.14. The summed E-state index contributed by atoms with van der Waals surface area (Å²) in [6.07, 6.45) is 6.60. The van der Waals surface area contributed by atoms with E-state index in [1.807, 2.05) is 6.92 Å². The summed E-state index contributed by atoms with van der Waals surface area (Å²) >= 11 is 7.55. The van der Waals surface area contributed by atoms with Crippen molar-refractivity contribution in [1.82, 2.24) is 10.3 Å². The fourth-order valence-electron chi connectivity index (χ4n) is 1.16. The lowest BCUT2D eigenvalue weighted by molar-refractivity contribution is 0.0956. The van der Waals surface area contributed by atoms with Crippen LogP contribution in [-0.2, 0) is 0 Å². The minimum atomic E-state index is -0.205. The summed E-state index contributed by atoms with van der Waals surface area (Å²) in [5.41, 5.74) is 1.19. The van der Waals surface area contributed by atoms with Crippen LogP contribution in [0.2, 0.25) is 5.02 Å². The molecule has 0 bridgehead atoms. The van der Waals surface area contributed by atoms with Gasteiger partial charge in [-0.05, 0) is 13.0 Å². The Morgan fingerprint density at radius 3 is 3.12 bits per heavy atom. The number of pyridine rings is 1. The van der Waals surface area contributed by atoms with Gasteiger partial charge in [0.15, 0.2) is 0 Å². The molecule has 1 amide bonds. The van der Waals surface area contributed by atoms with Gasteiger partial charge in [-0.3, -0.25) is 9.78 Å². The zero-order chi connectivity index (χ0) is 12.7. The molecule has 0 unspecified atom stereocenters. The number of hydrogen-bond donors (Lipinski definition) is 1. The highest BCUT2D eigenvalue weighted by Crippen LogP contribution is 2.15. The molecular weight excluding hydrogens is 256 g/mol. The van der Waals surface area contributed by atoms with Gasteiger partial charge in [-0.15, -0.1) is 18.2 Å². The Kier molecular flexibility index (Phi) is 5.88. The first-order valence-electron chi connectivity index (χ1n) is 5.06. The molecule has 90 valence electrons. The number of rotatable bonds is 5. The number of terminal acetylenes is 1. The summed E-state index contributed by atoms with van der Waals surface area (Å²) in [7, 11) is 0. The number of amides is 1. The van der Waals surface area contributed by atoms with Gasteiger partial charge in [0.25, 0.3) is 5.91 Å². The number of carbonyl (C=O) groups is 1. The summed E-state index contributed by atoms with van der Waals surface area (Å²) < 4.78 is 0. The Labute approximate surface area is 110 Å². The Hall–Kier alpha value is -1.18. The van der Waals surface area contributed by atoms with E-state index in [9.17, 15) is 4.79 Å². The molecule has 3 nitrogen and oxygen atoms in total. The molecule has 17 heavy (non-hydrogen) atoms. The van der Waals surface area contributed by atoms with Crippen molar-refractivity contribution in [3.63, 3.8) is 0 Å². The van der Waals surface area contributed by atoms with Gasteiger partial charge >= 0.3 is 0 Å². The van der Waals surface area contributed by atoms with Crippen LogP contribution < -0.4 is 5.32 Å². The topological polar surface area (TPSA) is 42.0 Å². The molecule has 1 N–H and O–H groups in total. The molecule has 0 aliphatic heterocycles. The summed E-state index contributed by atoms with van der Waals surface area (Å²) in [6.45, 7) is 2.39. The molecule has 0 atom stereocenters. The molecule has 0 saturated heterocycles. The zero-order valence-electron chi connectivity index (χ0n) is 9.50. The second kappa shape index (κ2) is 7.21. The molecule has 0 aliphatic rings. The predicted molar refractivity (Wildman–Crippen MR) is 72.5 cm³/mol. The third-order valence-electron chi connectivity index (χ3n) is 1.95. The SMILES string of the molecule is C#CCSCCNC(=O)c1cnc(C)cc1Cl. The molecular formula is C12H13ClN2OS. The molecule has 0 spiro atoms. The average Bonchev–Trinajstić information content (AvgIpc) is 2.28. The number of carbonyl (C=O) groups excluding carboxylic acids is 1. The third-order valence-corrected chi connectivity index (χ3v) is 3.13. The lowest BCUT2D eigenvalue weighted by Crippen LogP contribution is -2.26. The van der Waals surface area contributed by atoms with E-state index in [-0.39, 0.29) is 5.91 Å². The first kappa shape index (κ1) is 13.9. The second-order valence-electron chi connectivity index (χ2n) is 3.32. The molecule has 0 aliphatic carbocycles. The van der Waals surface area contributed by atoms with Gasteiger partial charge in [0, 0.05) is 24.2 Å². The minimum absolute atomic E-state index is 0.205. The van der Waals surface area contributed by atoms with Gasteiger partial charge in [0.1, 0.15) is 0 Å². The highest BCUT2D eigenvalue weighted by atomic mass is 35.5. The van der Waals surface area contributed by atoms with E-state index < -0.39 is 0 Å². The molecule has 0 radical (unpaired) electrons. The van der Waals surface area contributed by atoms with E-state index in [0.717, 1.165) is 11.4 Å². The maximum Gasteiger partial charge on any atom is 0.254 e. The van der Waals surface area contributed by atoms with Crippen LogP contribution >= 0.6 is 23.4 Å². The lowest BCUT2D eigenvalue weighted by atomic mass is 10.2. The van der Waals surface area contributed by atoms with E-state index in [2.05, 4.69) is 16.2 Å². The van der Waals surface area contributed by atoms with Crippen molar-refractivity contribution in [2.75, 3.05) is 18.1 Å². The van der Waals surface area contributed by atoms with E-state index >= 15 is 0 Å². The Balaban J connectivity index is 2.45. The van der Waals surface area contributed by atoms with Crippen LogP contribution in [-0.4, -0.2) is 28.9 Å². The lowest BCUT2D eigenvalue weighted by Gasteiger charge is -2.06. The largest absolute Gasteiger partial charge is 0.351 e. The summed E-state index contributed by atoms with van der Waals surface area (Å²) in [6, 6.07) is 1.67. The molecule has 0 saturated carbocycles. The van der Waals surface area contributed by atoms with Crippen molar-refractivity contribution in [2.45, 2.75) is 6.92 Å². The van der Waals surface area contributed by atoms with Gasteiger partial charge in [-0.2, -0.15) is 0 Å². The number of nitrogens with zero attached hydrogens (tertiary/aromatic N) is 1. The molecule has 1 rings (SSSR count). The number of nitrogens with one attached hydrogen (secondary N) is 1. The van der Waals surface area contributed by atoms with Crippen LogP contribution in [0.4, 0.5) is 0 Å². The normalized spacial score (nSPS) is 9.71. The van der Waals surface area contributed by atoms with Crippen LogP contribution in [0.1, 0.15) is 16.1 Å². The third kappa shape index (κ3) is 4.68. The highest BCUT2D eigenvalue weighted by molar-refractivity contribution is 7.99. The van der Waals surface area contributed by atoms with Crippen LogP contribution in [0, 0.1) is 19.3 Å². The quantitative estimate of drug-likeness (QED) is 0.657. The molecule has 0 fully saturated rings. The summed E-state index contributed by atoms with van der Waals surface area (Å²) in [5, 5.41) is 3.19. The zero-order valence-corrected chi connectivity index (χ0v) is 11.1. The number of aromatic nitrogens is 1. The van der Waals surface area contributed by atoms with E-state index in [1.54, 1.807) is 17.8 Å². The van der Waals surface area contributed by atoms with Gasteiger partial charge in [-0.1, -0.05) is 17.5 Å². The molecule has 1 aromatic heterocycles. The van der Waals surface area contributed by atoms with Gasteiger partial charge in [0.05, 0.1) is 16.3 Å². The number of halogens is 1. The van der Waals surface area contributed by atoms with Crippen molar-refractivity contribution in [2.24, 2.45) is 0 Å². The van der Waals surface area contributed by atoms with Crippen molar-refractivity contribution in [1.29, 1.82) is 0 Å². The maximum atomic E-state index is 11.7. The fourth-order valence-corrected chi connectivity index (χ4v) is 1.96. The maximum absolute atomic E-state index is 11.7. The van der Waals surface area contributed by atoms with Crippen molar-refractivity contribution < 1.29 is 4.79 Å². The van der Waals surface area contributed by atoms with Crippen LogP contribution in [0.25, 0.3) is 0 Å². The van der Waals surface area contributed by atoms with E-state index in [4.69, 9.17) is 18.0 Å². The van der Waals surface area contributed by atoms with Crippen LogP contribution in [0.15, 0.2) is 12.3 Å². The fraction of sp³-hybridized carbons (Fsp3) is 0.333. The Bertz CT molecular complexity index is 443. The number of hydrogen-bond acceptors (Lipinski definition) is 3. The van der Waals surface area contributed by atoms with Crippen molar-refractivity contribution >= 4 is 29.3 Å².